The highest BCUT2D eigenvalue weighted by atomic mass is 35.5. The van der Waals surface area contributed by atoms with Gasteiger partial charge in [-0.3, -0.25) is 4.79 Å². The van der Waals surface area contributed by atoms with Gasteiger partial charge in [0.15, 0.2) is 4.34 Å². The summed E-state index contributed by atoms with van der Waals surface area (Å²) in [6, 6.07) is 13.3. The lowest BCUT2D eigenvalue weighted by Gasteiger charge is -2.04. The van der Waals surface area contributed by atoms with Gasteiger partial charge in [0.05, 0.1) is 11.4 Å². The third-order valence-electron chi connectivity index (χ3n) is 2.96. The van der Waals surface area contributed by atoms with Crippen molar-refractivity contribution in [1.29, 1.82) is 0 Å². The van der Waals surface area contributed by atoms with Crippen LogP contribution in [0.4, 0.5) is 20.9 Å². The fourth-order valence-corrected chi connectivity index (χ4v) is 3.65. The SMILES string of the molecule is O=C(CSc1nnc(Nc2cccc(Cl)c2)s1)Nc1ccccc1F. The van der Waals surface area contributed by atoms with Gasteiger partial charge >= 0.3 is 0 Å². The highest BCUT2D eigenvalue weighted by Crippen LogP contribution is 2.28. The Morgan fingerprint density at radius 1 is 1.20 bits per heavy atom. The Morgan fingerprint density at radius 2 is 2.04 bits per heavy atom. The van der Waals surface area contributed by atoms with Crippen molar-refractivity contribution >= 4 is 57.1 Å². The Bertz CT molecular complexity index is 890. The molecule has 9 heteroatoms. The molecule has 0 aliphatic heterocycles. The average molecular weight is 395 g/mol. The first-order valence-corrected chi connectivity index (χ1v) is 9.31. The number of amides is 1. The summed E-state index contributed by atoms with van der Waals surface area (Å²) in [5.41, 5.74) is 0.964. The molecular formula is C16H12ClFN4OS2. The van der Waals surface area contributed by atoms with Crippen molar-refractivity contribution < 1.29 is 9.18 Å². The fourth-order valence-electron chi connectivity index (χ4n) is 1.88. The number of carbonyl (C=O) groups excluding carboxylic acids is 1. The molecule has 0 saturated heterocycles. The van der Waals surface area contributed by atoms with Gasteiger partial charge in [-0.05, 0) is 30.3 Å². The summed E-state index contributed by atoms with van der Waals surface area (Å²) in [5, 5.41) is 14.9. The lowest BCUT2D eigenvalue weighted by Crippen LogP contribution is -2.14. The number of carbonyl (C=O) groups is 1. The maximum absolute atomic E-state index is 13.5. The molecule has 128 valence electrons. The second-order valence-electron chi connectivity index (χ2n) is 4.83. The van der Waals surface area contributed by atoms with Gasteiger partial charge in [-0.2, -0.15) is 0 Å². The van der Waals surface area contributed by atoms with Crippen LogP contribution in [0.15, 0.2) is 52.9 Å². The number of nitrogens with zero attached hydrogens (tertiary/aromatic N) is 2. The predicted molar refractivity (Wildman–Crippen MR) is 100 cm³/mol. The van der Waals surface area contributed by atoms with Gasteiger partial charge in [0.25, 0.3) is 0 Å². The Kier molecular flexibility index (Phi) is 5.85. The summed E-state index contributed by atoms with van der Waals surface area (Å²) >= 11 is 8.48. The standard InChI is InChI=1S/C16H12ClFN4OS2/c17-10-4-3-5-11(8-10)19-15-21-22-16(25-15)24-9-14(23)20-13-7-2-1-6-12(13)18/h1-8H,9H2,(H,19,21)(H,20,23). The number of benzene rings is 2. The molecule has 0 unspecified atom stereocenters. The quantitative estimate of drug-likeness (QED) is 0.587. The molecule has 0 spiro atoms. The molecule has 3 rings (SSSR count). The third-order valence-corrected chi connectivity index (χ3v) is 5.16. The number of halogens is 2. The van der Waals surface area contributed by atoms with Crippen molar-refractivity contribution in [1.82, 2.24) is 10.2 Å². The Hall–Kier alpha value is -2.16. The van der Waals surface area contributed by atoms with Crippen LogP contribution in [0.25, 0.3) is 0 Å². The Morgan fingerprint density at radius 3 is 2.84 bits per heavy atom. The summed E-state index contributed by atoms with van der Waals surface area (Å²) < 4.78 is 14.1. The molecule has 0 saturated carbocycles. The maximum Gasteiger partial charge on any atom is 0.234 e. The van der Waals surface area contributed by atoms with Gasteiger partial charge < -0.3 is 10.6 Å². The van der Waals surface area contributed by atoms with Crippen molar-refractivity contribution in [2.45, 2.75) is 4.34 Å². The molecule has 0 fully saturated rings. The smallest absolute Gasteiger partial charge is 0.234 e. The maximum atomic E-state index is 13.5. The van der Waals surface area contributed by atoms with Crippen molar-refractivity contribution in [2.75, 3.05) is 16.4 Å². The van der Waals surface area contributed by atoms with Crippen LogP contribution in [0.3, 0.4) is 0 Å². The van der Waals surface area contributed by atoms with E-state index >= 15 is 0 Å². The molecule has 2 N–H and O–H groups in total. The number of thioether (sulfide) groups is 1. The lowest BCUT2D eigenvalue weighted by atomic mass is 10.3. The zero-order valence-electron chi connectivity index (χ0n) is 12.7. The summed E-state index contributed by atoms with van der Waals surface area (Å²) in [6.07, 6.45) is 0. The van der Waals surface area contributed by atoms with E-state index in [9.17, 15) is 9.18 Å². The van der Waals surface area contributed by atoms with E-state index in [-0.39, 0.29) is 17.3 Å². The summed E-state index contributed by atoms with van der Waals surface area (Å²) in [7, 11) is 0. The van der Waals surface area contributed by atoms with E-state index in [1.165, 1.54) is 35.2 Å². The molecule has 1 aromatic heterocycles. The van der Waals surface area contributed by atoms with Gasteiger partial charge in [-0.15, -0.1) is 10.2 Å². The van der Waals surface area contributed by atoms with Crippen LogP contribution in [0.5, 0.6) is 0 Å². The minimum Gasteiger partial charge on any atom is -0.330 e. The van der Waals surface area contributed by atoms with Gasteiger partial charge in [-0.1, -0.05) is 52.9 Å². The molecule has 25 heavy (non-hydrogen) atoms. The minimum absolute atomic E-state index is 0.111. The molecule has 0 radical (unpaired) electrons. The third kappa shape index (κ3) is 5.15. The topological polar surface area (TPSA) is 66.9 Å². The molecule has 0 bridgehead atoms. The van der Waals surface area contributed by atoms with E-state index < -0.39 is 5.82 Å². The van der Waals surface area contributed by atoms with E-state index in [4.69, 9.17) is 11.6 Å². The van der Waals surface area contributed by atoms with Crippen molar-refractivity contribution in [2.24, 2.45) is 0 Å². The molecule has 1 amide bonds. The van der Waals surface area contributed by atoms with Crippen LogP contribution in [0.1, 0.15) is 0 Å². The first-order valence-electron chi connectivity index (χ1n) is 7.13. The average Bonchev–Trinajstić information content (AvgIpc) is 3.03. The number of anilines is 3. The van der Waals surface area contributed by atoms with Crippen LogP contribution >= 0.6 is 34.7 Å². The number of nitrogens with one attached hydrogen (secondary N) is 2. The molecule has 5 nitrogen and oxygen atoms in total. The molecule has 2 aromatic carbocycles. The van der Waals surface area contributed by atoms with E-state index in [0.29, 0.717) is 14.5 Å². The Labute approximate surface area is 156 Å². The van der Waals surface area contributed by atoms with Crippen molar-refractivity contribution in [3.8, 4) is 0 Å². The monoisotopic (exact) mass is 394 g/mol. The highest BCUT2D eigenvalue weighted by Gasteiger charge is 2.10. The summed E-state index contributed by atoms with van der Waals surface area (Å²) in [5.74, 6) is -0.667. The van der Waals surface area contributed by atoms with Crippen LogP contribution in [-0.4, -0.2) is 21.9 Å². The van der Waals surface area contributed by atoms with E-state index in [1.807, 2.05) is 12.1 Å². The van der Waals surface area contributed by atoms with Crippen LogP contribution in [0, 0.1) is 5.82 Å². The van der Waals surface area contributed by atoms with E-state index in [1.54, 1.807) is 24.3 Å². The molecule has 1 heterocycles. The normalized spacial score (nSPS) is 10.5. The predicted octanol–water partition coefficient (Wildman–Crippen LogP) is 4.81. The number of hydrogen-bond donors (Lipinski definition) is 2. The number of aromatic nitrogens is 2. The van der Waals surface area contributed by atoms with Gasteiger partial charge in [-0.25, -0.2) is 4.39 Å². The molecule has 0 atom stereocenters. The second-order valence-corrected chi connectivity index (χ2v) is 7.46. The zero-order chi connectivity index (χ0) is 17.6. The lowest BCUT2D eigenvalue weighted by molar-refractivity contribution is -0.113. The number of para-hydroxylation sites is 1. The van der Waals surface area contributed by atoms with Gasteiger partial charge in [0, 0.05) is 10.7 Å². The van der Waals surface area contributed by atoms with Gasteiger partial charge in [0.2, 0.25) is 11.0 Å². The molecule has 0 aliphatic carbocycles. The van der Waals surface area contributed by atoms with Gasteiger partial charge in [0.1, 0.15) is 5.82 Å². The molecule has 3 aromatic rings. The first kappa shape index (κ1) is 17.7. The fraction of sp³-hybridized carbons (Fsp3) is 0.0625. The van der Waals surface area contributed by atoms with E-state index in [0.717, 1.165) is 5.69 Å². The summed E-state index contributed by atoms with van der Waals surface area (Å²) in [4.78, 5) is 11.9. The molecular weight excluding hydrogens is 383 g/mol. The van der Waals surface area contributed by atoms with Crippen LogP contribution in [0.2, 0.25) is 5.02 Å². The number of rotatable bonds is 6. The van der Waals surface area contributed by atoms with Crippen LogP contribution < -0.4 is 10.6 Å². The Balaban J connectivity index is 1.53. The molecule has 0 aliphatic rings. The minimum atomic E-state index is -0.468. The largest absolute Gasteiger partial charge is 0.330 e. The first-order chi connectivity index (χ1) is 12.1. The zero-order valence-corrected chi connectivity index (χ0v) is 15.1. The second kappa shape index (κ2) is 8.28. The van der Waals surface area contributed by atoms with Crippen molar-refractivity contribution in [3.63, 3.8) is 0 Å². The summed E-state index contributed by atoms with van der Waals surface area (Å²) in [6.45, 7) is 0. The van der Waals surface area contributed by atoms with E-state index in [2.05, 4.69) is 20.8 Å². The van der Waals surface area contributed by atoms with Crippen molar-refractivity contribution in [3.05, 3.63) is 59.4 Å². The van der Waals surface area contributed by atoms with Crippen LogP contribution in [-0.2, 0) is 4.79 Å². The number of hydrogen-bond acceptors (Lipinski definition) is 6. The highest BCUT2D eigenvalue weighted by molar-refractivity contribution is 8.01.